The number of ether oxygens (including phenoxy) is 2. The molecular formula is C17H28N2O2. The quantitative estimate of drug-likeness (QED) is 0.874. The summed E-state index contributed by atoms with van der Waals surface area (Å²) in [5, 5.41) is 3.75. The first-order valence-corrected chi connectivity index (χ1v) is 7.88. The highest BCUT2D eigenvalue weighted by atomic mass is 16.5. The Kier molecular flexibility index (Phi) is 5.88. The summed E-state index contributed by atoms with van der Waals surface area (Å²) in [7, 11) is 3.39. The maximum Gasteiger partial charge on any atom is 0.127 e. The largest absolute Gasteiger partial charge is 0.497 e. The van der Waals surface area contributed by atoms with Gasteiger partial charge in [-0.3, -0.25) is 0 Å². The number of likely N-dealkylation sites (tertiary alicyclic amines) is 1. The van der Waals surface area contributed by atoms with Gasteiger partial charge in [0, 0.05) is 30.3 Å². The van der Waals surface area contributed by atoms with E-state index in [0.29, 0.717) is 6.04 Å². The van der Waals surface area contributed by atoms with E-state index >= 15 is 0 Å². The van der Waals surface area contributed by atoms with Crippen LogP contribution in [0.1, 0.15) is 38.3 Å². The number of nitrogens with zero attached hydrogens (tertiary/aromatic N) is 1. The SMILES string of the molecule is CCN1CCCC(NC(C)c2ccc(OC)cc2OC)C1. The van der Waals surface area contributed by atoms with Gasteiger partial charge >= 0.3 is 0 Å². The molecule has 4 heteroatoms. The molecule has 0 radical (unpaired) electrons. The number of methoxy groups -OCH3 is 2. The highest BCUT2D eigenvalue weighted by Gasteiger charge is 2.21. The Hall–Kier alpha value is -1.26. The summed E-state index contributed by atoms with van der Waals surface area (Å²) in [5.74, 6) is 1.72. The fourth-order valence-corrected chi connectivity index (χ4v) is 3.10. The van der Waals surface area contributed by atoms with E-state index in [1.54, 1.807) is 14.2 Å². The molecule has 0 aliphatic carbocycles. The number of likely N-dealkylation sites (N-methyl/N-ethyl adjacent to an activating group) is 1. The molecule has 1 aromatic carbocycles. The summed E-state index contributed by atoms with van der Waals surface area (Å²) in [4.78, 5) is 2.51. The van der Waals surface area contributed by atoms with Crippen molar-refractivity contribution in [2.75, 3.05) is 33.9 Å². The first kappa shape index (κ1) is 16.1. The van der Waals surface area contributed by atoms with Crippen LogP contribution in [0.4, 0.5) is 0 Å². The van der Waals surface area contributed by atoms with Crippen LogP contribution in [0, 0.1) is 0 Å². The zero-order valence-electron chi connectivity index (χ0n) is 13.7. The molecule has 0 saturated carbocycles. The molecule has 0 bridgehead atoms. The maximum absolute atomic E-state index is 5.51. The van der Waals surface area contributed by atoms with Crippen molar-refractivity contribution in [1.82, 2.24) is 10.2 Å². The molecule has 118 valence electrons. The number of rotatable bonds is 6. The summed E-state index contributed by atoms with van der Waals surface area (Å²) in [6, 6.07) is 6.87. The molecule has 2 unspecified atom stereocenters. The smallest absolute Gasteiger partial charge is 0.127 e. The van der Waals surface area contributed by atoms with Crippen LogP contribution in [0.2, 0.25) is 0 Å². The van der Waals surface area contributed by atoms with Crippen LogP contribution in [-0.4, -0.2) is 44.8 Å². The minimum Gasteiger partial charge on any atom is -0.497 e. The van der Waals surface area contributed by atoms with E-state index in [4.69, 9.17) is 9.47 Å². The third kappa shape index (κ3) is 4.11. The van der Waals surface area contributed by atoms with Crippen LogP contribution in [0.5, 0.6) is 11.5 Å². The van der Waals surface area contributed by atoms with Gasteiger partial charge in [0.25, 0.3) is 0 Å². The van der Waals surface area contributed by atoms with Gasteiger partial charge < -0.3 is 19.7 Å². The molecule has 1 aromatic rings. The number of benzene rings is 1. The van der Waals surface area contributed by atoms with Gasteiger partial charge in [-0.05, 0) is 38.9 Å². The molecule has 1 heterocycles. The van der Waals surface area contributed by atoms with Gasteiger partial charge in [0.15, 0.2) is 0 Å². The number of hydrogen-bond acceptors (Lipinski definition) is 4. The normalized spacial score (nSPS) is 21.0. The zero-order chi connectivity index (χ0) is 15.2. The van der Waals surface area contributed by atoms with E-state index < -0.39 is 0 Å². The summed E-state index contributed by atoms with van der Waals surface area (Å²) in [6.45, 7) is 7.94. The standard InChI is InChI=1S/C17H28N2O2/c1-5-19-10-6-7-14(12-19)18-13(2)16-9-8-15(20-3)11-17(16)21-4/h8-9,11,13-14,18H,5-7,10,12H2,1-4H3. The molecule has 0 aromatic heterocycles. The molecular weight excluding hydrogens is 264 g/mol. The van der Waals surface area contributed by atoms with Crippen LogP contribution in [0.25, 0.3) is 0 Å². The summed E-state index contributed by atoms with van der Waals surface area (Å²) in [6.07, 6.45) is 2.53. The lowest BCUT2D eigenvalue weighted by molar-refractivity contribution is 0.191. The molecule has 2 atom stereocenters. The Bertz CT molecular complexity index is 450. The average Bonchev–Trinajstić information content (AvgIpc) is 2.54. The van der Waals surface area contributed by atoms with Crippen molar-refractivity contribution in [3.8, 4) is 11.5 Å². The second-order valence-electron chi connectivity index (χ2n) is 5.73. The first-order chi connectivity index (χ1) is 10.2. The molecule has 1 aliphatic rings. The molecule has 0 spiro atoms. The molecule has 1 aliphatic heterocycles. The Balaban J connectivity index is 2.04. The van der Waals surface area contributed by atoms with Crippen molar-refractivity contribution in [1.29, 1.82) is 0 Å². The van der Waals surface area contributed by atoms with Gasteiger partial charge in [0.1, 0.15) is 11.5 Å². The molecule has 1 fully saturated rings. The van der Waals surface area contributed by atoms with Crippen molar-refractivity contribution in [2.24, 2.45) is 0 Å². The van der Waals surface area contributed by atoms with Crippen molar-refractivity contribution in [3.05, 3.63) is 23.8 Å². The number of piperidine rings is 1. The Morgan fingerprint density at radius 2 is 2.14 bits per heavy atom. The van der Waals surface area contributed by atoms with Crippen molar-refractivity contribution >= 4 is 0 Å². The van der Waals surface area contributed by atoms with Crippen LogP contribution in [0.3, 0.4) is 0 Å². The molecule has 1 N–H and O–H groups in total. The molecule has 0 amide bonds. The molecule has 21 heavy (non-hydrogen) atoms. The number of nitrogens with one attached hydrogen (secondary N) is 1. The monoisotopic (exact) mass is 292 g/mol. The molecule has 4 nitrogen and oxygen atoms in total. The lowest BCUT2D eigenvalue weighted by Crippen LogP contribution is -2.46. The van der Waals surface area contributed by atoms with E-state index in [2.05, 4.69) is 30.1 Å². The van der Waals surface area contributed by atoms with E-state index in [0.717, 1.165) is 24.6 Å². The van der Waals surface area contributed by atoms with Crippen LogP contribution >= 0.6 is 0 Å². The van der Waals surface area contributed by atoms with Crippen LogP contribution in [0.15, 0.2) is 18.2 Å². The second-order valence-corrected chi connectivity index (χ2v) is 5.73. The van der Waals surface area contributed by atoms with E-state index in [9.17, 15) is 0 Å². The first-order valence-electron chi connectivity index (χ1n) is 7.88. The second kappa shape index (κ2) is 7.66. The van der Waals surface area contributed by atoms with Gasteiger partial charge in [0.05, 0.1) is 14.2 Å². The Morgan fingerprint density at radius 3 is 2.81 bits per heavy atom. The highest BCUT2D eigenvalue weighted by Crippen LogP contribution is 2.30. The molecule has 1 saturated heterocycles. The van der Waals surface area contributed by atoms with Gasteiger partial charge in [-0.1, -0.05) is 13.0 Å². The van der Waals surface area contributed by atoms with Gasteiger partial charge in [-0.2, -0.15) is 0 Å². The maximum atomic E-state index is 5.51. The van der Waals surface area contributed by atoms with E-state index in [1.165, 1.54) is 24.9 Å². The lowest BCUT2D eigenvalue weighted by atomic mass is 10.0. The average molecular weight is 292 g/mol. The Labute approximate surface area is 128 Å². The van der Waals surface area contributed by atoms with Crippen LogP contribution < -0.4 is 14.8 Å². The summed E-state index contributed by atoms with van der Waals surface area (Å²) >= 11 is 0. The van der Waals surface area contributed by atoms with Crippen LogP contribution in [-0.2, 0) is 0 Å². The number of hydrogen-bond donors (Lipinski definition) is 1. The van der Waals surface area contributed by atoms with Gasteiger partial charge in [0.2, 0.25) is 0 Å². The highest BCUT2D eigenvalue weighted by molar-refractivity contribution is 5.42. The zero-order valence-corrected chi connectivity index (χ0v) is 13.7. The minimum absolute atomic E-state index is 0.271. The molecule has 2 rings (SSSR count). The van der Waals surface area contributed by atoms with E-state index in [-0.39, 0.29) is 6.04 Å². The fraction of sp³-hybridized carbons (Fsp3) is 0.647. The summed E-state index contributed by atoms with van der Waals surface area (Å²) in [5.41, 5.74) is 1.19. The minimum atomic E-state index is 0.271. The third-order valence-corrected chi connectivity index (χ3v) is 4.35. The van der Waals surface area contributed by atoms with Crippen molar-refractivity contribution in [2.45, 2.75) is 38.8 Å². The van der Waals surface area contributed by atoms with Crippen molar-refractivity contribution in [3.63, 3.8) is 0 Å². The topological polar surface area (TPSA) is 33.7 Å². The van der Waals surface area contributed by atoms with Gasteiger partial charge in [-0.25, -0.2) is 0 Å². The fourth-order valence-electron chi connectivity index (χ4n) is 3.10. The predicted molar refractivity (Wildman–Crippen MR) is 86.2 cm³/mol. The van der Waals surface area contributed by atoms with Gasteiger partial charge in [-0.15, -0.1) is 0 Å². The predicted octanol–water partition coefficient (Wildman–Crippen LogP) is 2.84. The summed E-state index contributed by atoms with van der Waals surface area (Å²) < 4.78 is 10.8. The Morgan fingerprint density at radius 1 is 1.33 bits per heavy atom. The third-order valence-electron chi connectivity index (χ3n) is 4.35. The lowest BCUT2D eigenvalue weighted by Gasteiger charge is -2.34. The van der Waals surface area contributed by atoms with Crippen molar-refractivity contribution < 1.29 is 9.47 Å². The van der Waals surface area contributed by atoms with E-state index in [1.807, 2.05) is 12.1 Å².